The summed E-state index contributed by atoms with van der Waals surface area (Å²) in [5.41, 5.74) is 2.51. The van der Waals surface area contributed by atoms with E-state index in [1.54, 1.807) is 67.8 Å². The van der Waals surface area contributed by atoms with E-state index in [1.807, 2.05) is 19.1 Å². The number of anilines is 2. The van der Waals surface area contributed by atoms with Gasteiger partial charge in [-0.2, -0.15) is 5.26 Å². The molecule has 0 spiro atoms. The van der Waals surface area contributed by atoms with Crippen molar-refractivity contribution >= 4 is 40.9 Å². The summed E-state index contributed by atoms with van der Waals surface area (Å²) in [5, 5.41) is 15.4. The summed E-state index contributed by atoms with van der Waals surface area (Å²) in [6.45, 7) is 1.65. The first-order valence-corrected chi connectivity index (χ1v) is 10.6. The molecule has 34 heavy (non-hydrogen) atoms. The van der Waals surface area contributed by atoms with E-state index in [4.69, 9.17) is 21.1 Å². The largest absolute Gasteiger partial charge is 0.497 e. The molecule has 0 bridgehead atoms. The van der Waals surface area contributed by atoms with E-state index in [-0.39, 0.29) is 18.1 Å². The van der Waals surface area contributed by atoms with Gasteiger partial charge in [0.05, 0.1) is 7.11 Å². The molecule has 0 aliphatic carbocycles. The Hall–Kier alpha value is -4.28. The standard InChI is InChI=1S/C26H22ClN3O4/c1-17-6-7-21(14-24(17)27)29-25(31)16-34-23-5-3-4-18(13-23)12-19(15-28)26(32)30-20-8-10-22(33-2)11-9-20/h3-14H,16H2,1-2H3,(H,29,31)(H,30,32)/b19-12-. The molecule has 8 heteroatoms. The van der Waals surface area contributed by atoms with Crippen molar-refractivity contribution in [1.29, 1.82) is 5.26 Å². The topological polar surface area (TPSA) is 100 Å². The summed E-state index contributed by atoms with van der Waals surface area (Å²) in [6, 6.07) is 20.6. The van der Waals surface area contributed by atoms with Crippen LogP contribution in [0.2, 0.25) is 5.02 Å². The number of nitriles is 1. The van der Waals surface area contributed by atoms with Crippen LogP contribution in [-0.4, -0.2) is 25.5 Å². The second kappa shape index (κ2) is 11.5. The highest BCUT2D eigenvalue weighted by atomic mass is 35.5. The number of methoxy groups -OCH3 is 1. The Labute approximate surface area is 202 Å². The number of hydrogen-bond donors (Lipinski definition) is 2. The molecule has 0 fully saturated rings. The van der Waals surface area contributed by atoms with E-state index >= 15 is 0 Å². The second-order valence-electron chi connectivity index (χ2n) is 7.23. The third-order valence-corrected chi connectivity index (χ3v) is 5.11. The number of benzene rings is 3. The van der Waals surface area contributed by atoms with Crippen LogP contribution in [0.1, 0.15) is 11.1 Å². The minimum absolute atomic E-state index is 0.0815. The van der Waals surface area contributed by atoms with Crippen molar-refractivity contribution in [1.82, 2.24) is 0 Å². The molecule has 2 amide bonds. The first-order valence-electron chi connectivity index (χ1n) is 10.2. The van der Waals surface area contributed by atoms with Crippen molar-refractivity contribution in [3.63, 3.8) is 0 Å². The summed E-state index contributed by atoms with van der Waals surface area (Å²) < 4.78 is 10.6. The zero-order valence-corrected chi connectivity index (χ0v) is 19.3. The molecule has 3 aromatic rings. The van der Waals surface area contributed by atoms with Crippen molar-refractivity contribution in [3.05, 3.63) is 88.5 Å². The van der Waals surface area contributed by atoms with Crippen LogP contribution < -0.4 is 20.1 Å². The average molecular weight is 476 g/mol. The zero-order chi connectivity index (χ0) is 24.5. The molecule has 0 saturated carbocycles. The molecule has 0 aliphatic heterocycles. The van der Waals surface area contributed by atoms with Gasteiger partial charge in [-0.05, 0) is 72.7 Å². The second-order valence-corrected chi connectivity index (χ2v) is 7.63. The highest BCUT2D eigenvalue weighted by molar-refractivity contribution is 6.31. The molecule has 0 radical (unpaired) electrons. The van der Waals surface area contributed by atoms with Crippen molar-refractivity contribution in [3.8, 4) is 17.6 Å². The van der Waals surface area contributed by atoms with Gasteiger partial charge < -0.3 is 20.1 Å². The van der Waals surface area contributed by atoms with Crippen LogP contribution in [0.25, 0.3) is 6.08 Å². The molecule has 0 unspecified atom stereocenters. The Morgan fingerprint density at radius 3 is 2.41 bits per heavy atom. The SMILES string of the molecule is COc1ccc(NC(=O)/C(C#N)=C\c2cccc(OCC(=O)Nc3ccc(C)c(Cl)c3)c2)cc1. The number of rotatable bonds is 8. The molecule has 0 aliphatic rings. The van der Waals surface area contributed by atoms with Gasteiger partial charge >= 0.3 is 0 Å². The molecule has 3 rings (SSSR count). The monoisotopic (exact) mass is 475 g/mol. The van der Waals surface area contributed by atoms with Gasteiger partial charge in [-0.1, -0.05) is 29.8 Å². The maximum atomic E-state index is 12.5. The van der Waals surface area contributed by atoms with Crippen molar-refractivity contribution in [2.45, 2.75) is 6.92 Å². The fourth-order valence-electron chi connectivity index (χ4n) is 2.90. The van der Waals surface area contributed by atoms with E-state index in [1.165, 1.54) is 6.08 Å². The number of carbonyl (C=O) groups excluding carboxylic acids is 2. The summed E-state index contributed by atoms with van der Waals surface area (Å²) in [7, 11) is 1.55. The molecule has 7 nitrogen and oxygen atoms in total. The van der Waals surface area contributed by atoms with Crippen LogP contribution in [0.15, 0.2) is 72.3 Å². The molecular formula is C26H22ClN3O4. The van der Waals surface area contributed by atoms with Crippen LogP contribution in [0, 0.1) is 18.3 Å². The summed E-state index contributed by atoms with van der Waals surface area (Å²) in [5.74, 6) is 0.175. The summed E-state index contributed by atoms with van der Waals surface area (Å²) in [6.07, 6.45) is 1.44. The predicted molar refractivity (Wildman–Crippen MR) is 132 cm³/mol. The number of nitrogens with zero attached hydrogens (tertiary/aromatic N) is 1. The van der Waals surface area contributed by atoms with Crippen molar-refractivity contribution < 1.29 is 19.1 Å². The van der Waals surface area contributed by atoms with Gasteiger partial charge in [0.15, 0.2) is 6.61 Å². The predicted octanol–water partition coefficient (Wildman–Crippen LogP) is 5.22. The lowest BCUT2D eigenvalue weighted by molar-refractivity contribution is -0.118. The number of amides is 2. The van der Waals surface area contributed by atoms with E-state index in [0.717, 1.165) is 5.56 Å². The Bertz CT molecular complexity index is 1260. The lowest BCUT2D eigenvalue weighted by Gasteiger charge is -2.09. The minimum Gasteiger partial charge on any atom is -0.497 e. The van der Waals surface area contributed by atoms with Gasteiger partial charge in [0.1, 0.15) is 23.1 Å². The Morgan fingerprint density at radius 2 is 1.74 bits per heavy atom. The normalized spacial score (nSPS) is 10.7. The molecule has 0 aromatic heterocycles. The quantitative estimate of drug-likeness (QED) is 0.343. The van der Waals surface area contributed by atoms with Gasteiger partial charge in [-0.25, -0.2) is 0 Å². The summed E-state index contributed by atoms with van der Waals surface area (Å²) >= 11 is 6.08. The first kappa shape index (κ1) is 24.4. The summed E-state index contributed by atoms with van der Waals surface area (Å²) in [4.78, 5) is 24.7. The molecule has 2 N–H and O–H groups in total. The van der Waals surface area contributed by atoms with Crippen LogP contribution >= 0.6 is 11.6 Å². The number of ether oxygens (including phenoxy) is 2. The highest BCUT2D eigenvalue weighted by Gasteiger charge is 2.11. The van der Waals surface area contributed by atoms with Crippen LogP contribution in [0.5, 0.6) is 11.5 Å². The van der Waals surface area contributed by atoms with E-state index in [2.05, 4.69) is 10.6 Å². The lowest BCUT2D eigenvalue weighted by Crippen LogP contribution is -2.20. The smallest absolute Gasteiger partial charge is 0.266 e. The number of carbonyl (C=O) groups is 2. The Morgan fingerprint density at radius 1 is 1.00 bits per heavy atom. The van der Waals surface area contributed by atoms with Crippen LogP contribution in [0.4, 0.5) is 11.4 Å². The maximum Gasteiger partial charge on any atom is 0.266 e. The average Bonchev–Trinajstić information content (AvgIpc) is 2.84. The van der Waals surface area contributed by atoms with Crippen LogP contribution in [-0.2, 0) is 9.59 Å². The maximum absolute atomic E-state index is 12.5. The van der Waals surface area contributed by atoms with E-state index < -0.39 is 5.91 Å². The third kappa shape index (κ3) is 6.86. The molecule has 0 saturated heterocycles. The number of halogens is 1. The lowest BCUT2D eigenvalue weighted by atomic mass is 10.1. The number of nitrogens with one attached hydrogen (secondary N) is 2. The highest BCUT2D eigenvalue weighted by Crippen LogP contribution is 2.21. The third-order valence-electron chi connectivity index (χ3n) is 4.71. The van der Waals surface area contributed by atoms with E-state index in [9.17, 15) is 14.9 Å². The number of hydrogen-bond acceptors (Lipinski definition) is 5. The Kier molecular flexibility index (Phi) is 8.27. The van der Waals surface area contributed by atoms with Gasteiger partial charge in [-0.3, -0.25) is 9.59 Å². The van der Waals surface area contributed by atoms with Gasteiger partial charge in [-0.15, -0.1) is 0 Å². The minimum atomic E-state index is -0.546. The molecule has 3 aromatic carbocycles. The van der Waals surface area contributed by atoms with Crippen LogP contribution in [0.3, 0.4) is 0 Å². The molecule has 0 atom stereocenters. The van der Waals surface area contributed by atoms with Gasteiger partial charge in [0, 0.05) is 16.4 Å². The van der Waals surface area contributed by atoms with Crippen molar-refractivity contribution in [2.75, 3.05) is 24.4 Å². The molecule has 172 valence electrons. The molecule has 0 heterocycles. The fraction of sp³-hybridized carbons (Fsp3) is 0.115. The molecular weight excluding hydrogens is 454 g/mol. The Balaban J connectivity index is 1.62. The fourth-order valence-corrected chi connectivity index (χ4v) is 3.08. The van der Waals surface area contributed by atoms with E-state index in [0.29, 0.717) is 33.5 Å². The number of aryl methyl sites for hydroxylation is 1. The first-order chi connectivity index (χ1) is 16.4. The van der Waals surface area contributed by atoms with Gasteiger partial charge in [0.2, 0.25) is 0 Å². The van der Waals surface area contributed by atoms with Crippen molar-refractivity contribution in [2.24, 2.45) is 0 Å². The zero-order valence-electron chi connectivity index (χ0n) is 18.6. The van der Waals surface area contributed by atoms with Gasteiger partial charge in [0.25, 0.3) is 11.8 Å².